The van der Waals surface area contributed by atoms with Gasteiger partial charge in [0, 0.05) is 20.0 Å². The van der Waals surface area contributed by atoms with Crippen molar-refractivity contribution in [1.82, 2.24) is 10.2 Å². The molecule has 1 saturated carbocycles. The Labute approximate surface area is 124 Å². The van der Waals surface area contributed by atoms with Crippen LogP contribution in [0.5, 0.6) is 0 Å². The zero-order valence-corrected chi connectivity index (χ0v) is 12.3. The highest BCUT2D eigenvalue weighted by Gasteiger charge is 2.39. The molecular weight excluding hydrogens is 268 g/mol. The fraction of sp³-hybridized carbons (Fsp3) is 0.500. The standard InChI is InChI=1S/C16H20N2O3/c1-18(2)16(20)14-6-5-12(21-14)9-17-15(19)13-8-10-3-4-11(13)7-10/h3-6,10-11,13H,7-9H2,1-2H3,(H,17,19)/t10-,11+,13-/m1/s1. The third-order valence-corrected chi connectivity index (χ3v) is 4.33. The van der Waals surface area contributed by atoms with Crippen LogP contribution in [0.25, 0.3) is 0 Å². The van der Waals surface area contributed by atoms with Crippen LogP contribution in [0.4, 0.5) is 0 Å². The Hall–Kier alpha value is -2.04. The van der Waals surface area contributed by atoms with Gasteiger partial charge in [-0.3, -0.25) is 9.59 Å². The number of allylic oxidation sites excluding steroid dienone is 2. The van der Waals surface area contributed by atoms with E-state index in [4.69, 9.17) is 4.42 Å². The number of rotatable bonds is 4. The molecule has 21 heavy (non-hydrogen) atoms. The summed E-state index contributed by atoms with van der Waals surface area (Å²) >= 11 is 0. The highest BCUT2D eigenvalue weighted by atomic mass is 16.4. The monoisotopic (exact) mass is 288 g/mol. The van der Waals surface area contributed by atoms with Crippen LogP contribution in [0.15, 0.2) is 28.7 Å². The lowest BCUT2D eigenvalue weighted by atomic mass is 9.93. The van der Waals surface area contributed by atoms with Crippen LogP contribution < -0.4 is 5.32 Å². The van der Waals surface area contributed by atoms with E-state index < -0.39 is 0 Å². The first-order chi connectivity index (χ1) is 10.0. The van der Waals surface area contributed by atoms with Crippen molar-refractivity contribution >= 4 is 11.8 Å². The second-order valence-electron chi connectivity index (χ2n) is 6.07. The van der Waals surface area contributed by atoms with E-state index >= 15 is 0 Å². The van der Waals surface area contributed by atoms with Gasteiger partial charge in [-0.05, 0) is 36.8 Å². The summed E-state index contributed by atoms with van der Waals surface area (Å²) in [5, 5.41) is 2.92. The molecule has 1 N–H and O–H groups in total. The van der Waals surface area contributed by atoms with Gasteiger partial charge in [-0.2, -0.15) is 0 Å². The Balaban J connectivity index is 1.55. The van der Waals surface area contributed by atoms with Crippen molar-refractivity contribution in [2.45, 2.75) is 19.4 Å². The Morgan fingerprint density at radius 2 is 2.10 bits per heavy atom. The summed E-state index contributed by atoms with van der Waals surface area (Å²) in [6.45, 7) is 0.330. The number of carbonyl (C=O) groups is 2. The molecule has 0 unspecified atom stereocenters. The lowest BCUT2D eigenvalue weighted by Crippen LogP contribution is -2.32. The van der Waals surface area contributed by atoms with Crippen LogP contribution in [-0.2, 0) is 11.3 Å². The number of amides is 2. The average Bonchev–Trinajstić information content (AvgIpc) is 3.19. The van der Waals surface area contributed by atoms with Gasteiger partial charge in [0.15, 0.2) is 5.76 Å². The zero-order valence-electron chi connectivity index (χ0n) is 12.3. The maximum absolute atomic E-state index is 12.2. The predicted molar refractivity (Wildman–Crippen MR) is 77.4 cm³/mol. The Kier molecular flexibility index (Phi) is 3.57. The third-order valence-electron chi connectivity index (χ3n) is 4.33. The van der Waals surface area contributed by atoms with Crippen molar-refractivity contribution in [1.29, 1.82) is 0 Å². The highest BCUT2D eigenvalue weighted by molar-refractivity contribution is 5.91. The normalized spacial score (nSPS) is 26.1. The van der Waals surface area contributed by atoms with E-state index in [1.54, 1.807) is 26.2 Å². The molecule has 0 aliphatic heterocycles. The van der Waals surface area contributed by atoms with Crippen molar-refractivity contribution in [2.24, 2.45) is 17.8 Å². The molecule has 2 aliphatic carbocycles. The van der Waals surface area contributed by atoms with Crippen molar-refractivity contribution < 1.29 is 14.0 Å². The first-order valence-electron chi connectivity index (χ1n) is 7.31. The molecule has 2 bridgehead atoms. The minimum absolute atomic E-state index is 0.0868. The van der Waals surface area contributed by atoms with Crippen LogP contribution in [0.3, 0.4) is 0 Å². The summed E-state index contributed by atoms with van der Waals surface area (Å²) in [6.07, 6.45) is 6.45. The number of furan rings is 1. The SMILES string of the molecule is CN(C)C(=O)c1ccc(CNC(=O)[C@@H]2C[C@@H]3C=C[C@H]2C3)o1. The molecule has 5 heteroatoms. The van der Waals surface area contributed by atoms with Crippen molar-refractivity contribution in [2.75, 3.05) is 14.1 Å². The zero-order chi connectivity index (χ0) is 15.0. The molecule has 3 atom stereocenters. The third kappa shape index (κ3) is 2.73. The van der Waals surface area contributed by atoms with Crippen LogP contribution in [0.2, 0.25) is 0 Å². The fourth-order valence-corrected chi connectivity index (χ4v) is 3.20. The molecule has 1 aromatic rings. The quantitative estimate of drug-likeness (QED) is 0.859. The van der Waals surface area contributed by atoms with Gasteiger partial charge in [0.2, 0.25) is 5.91 Å². The molecule has 112 valence electrons. The van der Waals surface area contributed by atoms with Gasteiger partial charge in [-0.15, -0.1) is 0 Å². The fourth-order valence-electron chi connectivity index (χ4n) is 3.20. The Morgan fingerprint density at radius 1 is 1.29 bits per heavy atom. The van der Waals surface area contributed by atoms with Crippen LogP contribution >= 0.6 is 0 Å². The Bertz CT molecular complexity index is 588. The number of nitrogens with zero attached hydrogens (tertiary/aromatic N) is 1. The number of fused-ring (bicyclic) bond motifs is 2. The maximum Gasteiger partial charge on any atom is 0.289 e. The minimum atomic E-state index is -0.175. The highest BCUT2D eigenvalue weighted by Crippen LogP contribution is 2.43. The van der Waals surface area contributed by atoms with E-state index in [1.807, 2.05) is 0 Å². The van der Waals surface area contributed by atoms with Crippen molar-refractivity contribution in [3.05, 3.63) is 35.8 Å². The van der Waals surface area contributed by atoms with Gasteiger partial charge < -0.3 is 14.6 Å². The van der Waals surface area contributed by atoms with Crippen LogP contribution in [0, 0.1) is 17.8 Å². The average molecular weight is 288 g/mol. The molecule has 0 spiro atoms. The lowest BCUT2D eigenvalue weighted by molar-refractivity contribution is -0.126. The summed E-state index contributed by atoms with van der Waals surface area (Å²) in [4.78, 5) is 25.4. The van der Waals surface area contributed by atoms with Crippen molar-refractivity contribution in [3.8, 4) is 0 Å². The van der Waals surface area contributed by atoms with E-state index in [-0.39, 0.29) is 17.7 Å². The van der Waals surface area contributed by atoms with Gasteiger partial charge in [-0.25, -0.2) is 0 Å². The molecule has 0 radical (unpaired) electrons. The topological polar surface area (TPSA) is 62.6 Å². The van der Waals surface area contributed by atoms with E-state index in [1.165, 1.54) is 4.90 Å². The second kappa shape index (κ2) is 5.39. The van der Waals surface area contributed by atoms with E-state index in [2.05, 4.69) is 17.5 Å². The van der Waals surface area contributed by atoms with E-state index in [0.29, 0.717) is 29.9 Å². The van der Waals surface area contributed by atoms with Gasteiger partial charge in [0.25, 0.3) is 5.91 Å². The second-order valence-corrected chi connectivity index (χ2v) is 6.07. The van der Waals surface area contributed by atoms with Gasteiger partial charge >= 0.3 is 0 Å². The molecular formula is C16H20N2O3. The smallest absolute Gasteiger partial charge is 0.289 e. The summed E-state index contributed by atoms with van der Waals surface area (Å²) in [5.41, 5.74) is 0. The number of nitrogens with one attached hydrogen (secondary N) is 1. The molecule has 0 aromatic carbocycles. The molecule has 2 aliphatic rings. The van der Waals surface area contributed by atoms with E-state index in [9.17, 15) is 9.59 Å². The lowest BCUT2D eigenvalue weighted by Gasteiger charge is -2.17. The van der Waals surface area contributed by atoms with E-state index in [0.717, 1.165) is 12.8 Å². The minimum Gasteiger partial charge on any atom is -0.454 e. The number of hydrogen-bond donors (Lipinski definition) is 1. The number of hydrogen-bond acceptors (Lipinski definition) is 3. The van der Waals surface area contributed by atoms with Crippen LogP contribution in [-0.4, -0.2) is 30.8 Å². The molecule has 1 heterocycles. The molecule has 2 amide bonds. The summed E-state index contributed by atoms with van der Waals surface area (Å²) < 4.78 is 5.46. The molecule has 3 rings (SSSR count). The molecule has 1 fully saturated rings. The van der Waals surface area contributed by atoms with Gasteiger partial charge in [-0.1, -0.05) is 12.2 Å². The largest absolute Gasteiger partial charge is 0.454 e. The molecule has 1 aromatic heterocycles. The first kappa shape index (κ1) is 13.9. The Morgan fingerprint density at radius 3 is 2.71 bits per heavy atom. The first-order valence-corrected chi connectivity index (χ1v) is 7.31. The van der Waals surface area contributed by atoms with Crippen LogP contribution in [0.1, 0.15) is 29.2 Å². The van der Waals surface area contributed by atoms with Gasteiger partial charge in [0.05, 0.1) is 6.54 Å². The summed E-state index contributed by atoms with van der Waals surface area (Å²) in [7, 11) is 3.35. The summed E-state index contributed by atoms with van der Waals surface area (Å²) in [6, 6.07) is 3.38. The van der Waals surface area contributed by atoms with Gasteiger partial charge in [0.1, 0.15) is 5.76 Å². The predicted octanol–water partition coefficient (Wildman–Crippen LogP) is 1.81. The maximum atomic E-state index is 12.2. The number of carbonyl (C=O) groups excluding carboxylic acids is 2. The van der Waals surface area contributed by atoms with Crippen molar-refractivity contribution in [3.63, 3.8) is 0 Å². The molecule has 5 nitrogen and oxygen atoms in total. The molecule has 0 saturated heterocycles. The summed E-state index contributed by atoms with van der Waals surface area (Å²) in [5.74, 6) is 1.89.